The lowest BCUT2D eigenvalue weighted by Gasteiger charge is -2.15. The van der Waals surface area contributed by atoms with Crippen molar-refractivity contribution in [1.82, 2.24) is 15.0 Å². The zero-order chi connectivity index (χ0) is 18.9. The Morgan fingerprint density at radius 1 is 1.11 bits per heavy atom. The lowest BCUT2D eigenvalue weighted by molar-refractivity contribution is 0.607. The number of aromatic amines is 1. The minimum Gasteiger partial charge on any atom is -0.367 e. The molecule has 8 nitrogen and oxygen atoms in total. The second kappa shape index (κ2) is 7.07. The summed E-state index contributed by atoms with van der Waals surface area (Å²) in [5.41, 5.74) is 1.92. The number of H-pyrrole nitrogens is 1. The van der Waals surface area contributed by atoms with Crippen molar-refractivity contribution in [1.29, 1.82) is 0 Å². The number of hydrogen-bond acceptors (Lipinski definition) is 6. The standard InChI is InChI=1S/C18H22N6O2S/c1-27(25,26)24-14-8-4-7-13(11-14)21-18-22-16-15(9-10-19-16)17(23-18)20-12-5-2-3-6-12/h4,7-12,24H,2-3,5-6H2,1H3,(H3,19,20,21,22,23). The number of nitrogens with one attached hydrogen (secondary N) is 4. The van der Waals surface area contributed by atoms with Crippen LogP contribution >= 0.6 is 0 Å². The van der Waals surface area contributed by atoms with Gasteiger partial charge in [0.25, 0.3) is 0 Å². The maximum atomic E-state index is 11.4. The van der Waals surface area contributed by atoms with Gasteiger partial charge >= 0.3 is 0 Å². The fraction of sp³-hybridized carbons (Fsp3) is 0.333. The van der Waals surface area contributed by atoms with E-state index in [4.69, 9.17) is 0 Å². The van der Waals surface area contributed by atoms with Gasteiger partial charge < -0.3 is 15.6 Å². The Morgan fingerprint density at radius 3 is 2.67 bits per heavy atom. The number of fused-ring (bicyclic) bond motifs is 1. The molecule has 0 radical (unpaired) electrons. The molecule has 4 rings (SSSR count). The molecule has 0 aliphatic heterocycles. The molecule has 1 saturated carbocycles. The molecule has 2 heterocycles. The van der Waals surface area contributed by atoms with Gasteiger partial charge in [0.15, 0.2) is 0 Å². The van der Waals surface area contributed by atoms with Crippen LogP contribution in [-0.4, -0.2) is 35.7 Å². The van der Waals surface area contributed by atoms with Crippen LogP contribution in [0.15, 0.2) is 36.5 Å². The first kappa shape index (κ1) is 17.6. The zero-order valence-electron chi connectivity index (χ0n) is 15.0. The second-order valence-electron chi connectivity index (χ2n) is 6.84. The van der Waals surface area contributed by atoms with Crippen LogP contribution < -0.4 is 15.4 Å². The highest BCUT2D eigenvalue weighted by Crippen LogP contribution is 2.27. The van der Waals surface area contributed by atoms with Gasteiger partial charge in [0.2, 0.25) is 16.0 Å². The van der Waals surface area contributed by atoms with Crippen LogP contribution in [0.4, 0.5) is 23.1 Å². The highest BCUT2D eigenvalue weighted by atomic mass is 32.2. The Morgan fingerprint density at radius 2 is 1.89 bits per heavy atom. The summed E-state index contributed by atoms with van der Waals surface area (Å²) in [5, 5.41) is 7.65. The number of sulfonamides is 1. The Hall–Kier alpha value is -2.81. The van der Waals surface area contributed by atoms with Crippen LogP contribution in [0.2, 0.25) is 0 Å². The molecule has 142 valence electrons. The monoisotopic (exact) mass is 386 g/mol. The summed E-state index contributed by atoms with van der Waals surface area (Å²) in [7, 11) is -3.33. The zero-order valence-corrected chi connectivity index (χ0v) is 15.8. The van der Waals surface area contributed by atoms with Gasteiger partial charge in [-0.25, -0.2) is 8.42 Å². The second-order valence-corrected chi connectivity index (χ2v) is 8.59. The molecule has 0 spiro atoms. The number of nitrogens with zero attached hydrogens (tertiary/aromatic N) is 2. The van der Waals surface area contributed by atoms with Gasteiger partial charge in [-0.15, -0.1) is 0 Å². The first-order valence-corrected chi connectivity index (χ1v) is 10.8. The van der Waals surface area contributed by atoms with Crippen LogP contribution in [0.3, 0.4) is 0 Å². The van der Waals surface area contributed by atoms with Crippen molar-refractivity contribution in [2.45, 2.75) is 31.7 Å². The average molecular weight is 386 g/mol. The molecule has 1 aliphatic rings. The van der Waals surface area contributed by atoms with Crippen LogP contribution in [0, 0.1) is 0 Å². The predicted molar refractivity (Wildman–Crippen MR) is 108 cm³/mol. The van der Waals surface area contributed by atoms with Crippen molar-refractivity contribution in [2.24, 2.45) is 0 Å². The van der Waals surface area contributed by atoms with Crippen molar-refractivity contribution < 1.29 is 8.42 Å². The van der Waals surface area contributed by atoms with E-state index in [-0.39, 0.29) is 0 Å². The molecule has 1 fully saturated rings. The lowest BCUT2D eigenvalue weighted by Crippen LogP contribution is -2.16. The van der Waals surface area contributed by atoms with Crippen molar-refractivity contribution in [2.75, 3.05) is 21.6 Å². The highest BCUT2D eigenvalue weighted by Gasteiger charge is 2.17. The molecule has 4 N–H and O–H groups in total. The molecule has 0 amide bonds. The summed E-state index contributed by atoms with van der Waals surface area (Å²) in [5.74, 6) is 1.25. The molecule has 0 atom stereocenters. The SMILES string of the molecule is CS(=O)(=O)Nc1cccc(Nc2nc(NC3CCCC3)c3cc[nH]c3n2)c1. The summed E-state index contributed by atoms with van der Waals surface area (Å²) in [6.45, 7) is 0. The maximum absolute atomic E-state index is 11.4. The van der Waals surface area contributed by atoms with E-state index in [1.807, 2.05) is 18.3 Å². The van der Waals surface area contributed by atoms with E-state index in [2.05, 4.69) is 30.3 Å². The van der Waals surface area contributed by atoms with Gasteiger partial charge in [-0.1, -0.05) is 18.9 Å². The third-order valence-electron chi connectivity index (χ3n) is 4.53. The minimum absolute atomic E-state index is 0.438. The molecule has 3 aromatic rings. The highest BCUT2D eigenvalue weighted by molar-refractivity contribution is 7.92. The minimum atomic E-state index is -3.33. The fourth-order valence-electron chi connectivity index (χ4n) is 3.37. The van der Waals surface area contributed by atoms with Gasteiger partial charge in [0, 0.05) is 17.9 Å². The molecule has 9 heteroatoms. The van der Waals surface area contributed by atoms with E-state index < -0.39 is 10.0 Å². The topological polar surface area (TPSA) is 112 Å². The Labute approximate surface area is 157 Å². The molecule has 0 bridgehead atoms. The molecule has 1 aliphatic carbocycles. The van der Waals surface area contributed by atoms with Gasteiger partial charge in [-0.2, -0.15) is 9.97 Å². The van der Waals surface area contributed by atoms with Crippen LogP contribution in [-0.2, 0) is 10.0 Å². The van der Waals surface area contributed by atoms with Gasteiger partial charge in [0.05, 0.1) is 17.3 Å². The number of benzene rings is 1. The van der Waals surface area contributed by atoms with Crippen molar-refractivity contribution >= 4 is 44.2 Å². The average Bonchev–Trinajstić information content (AvgIpc) is 3.25. The Bertz CT molecular complexity index is 1060. The Balaban J connectivity index is 1.61. The largest absolute Gasteiger partial charge is 0.367 e. The van der Waals surface area contributed by atoms with Crippen molar-refractivity contribution in [3.05, 3.63) is 36.5 Å². The number of aromatic nitrogens is 3. The Kier molecular flexibility index (Phi) is 4.61. The smallest absolute Gasteiger partial charge is 0.231 e. The fourth-order valence-corrected chi connectivity index (χ4v) is 3.93. The third kappa shape index (κ3) is 4.30. The molecule has 2 aromatic heterocycles. The van der Waals surface area contributed by atoms with E-state index in [0.717, 1.165) is 35.9 Å². The molecular formula is C18H22N6O2S. The first-order chi connectivity index (χ1) is 13.0. The predicted octanol–water partition coefficient (Wildman–Crippen LogP) is 3.43. The van der Waals surface area contributed by atoms with Crippen LogP contribution in [0.1, 0.15) is 25.7 Å². The lowest BCUT2D eigenvalue weighted by atomic mass is 10.2. The normalized spacial score (nSPS) is 15.1. The van der Waals surface area contributed by atoms with Crippen LogP contribution in [0.25, 0.3) is 11.0 Å². The molecule has 0 saturated heterocycles. The van der Waals surface area contributed by atoms with E-state index in [1.165, 1.54) is 12.8 Å². The molecule has 27 heavy (non-hydrogen) atoms. The van der Waals surface area contributed by atoms with E-state index in [0.29, 0.717) is 23.4 Å². The molecule has 1 aromatic carbocycles. The van der Waals surface area contributed by atoms with Crippen LogP contribution in [0.5, 0.6) is 0 Å². The third-order valence-corrected chi connectivity index (χ3v) is 5.14. The van der Waals surface area contributed by atoms with Gasteiger partial charge in [-0.05, 0) is 37.1 Å². The van der Waals surface area contributed by atoms with Crippen molar-refractivity contribution in [3.63, 3.8) is 0 Å². The van der Waals surface area contributed by atoms with E-state index >= 15 is 0 Å². The van der Waals surface area contributed by atoms with Gasteiger partial charge in [0.1, 0.15) is 11.5 Å². The summed E-state index contributed by atoms with van der Waals surface area (Å²) >= 11 is 0. The maximum Gasteiger partial charge on any atom is 0.231 e. The first-order valence-electron chi connectivity index (χ1n) is 8.93. The molecular weight excluding hydrogens is 364 g/mol. The molecule has 0 unspecified atom stereocenters. The number of rotatable bonds is 6. The van der Waals surface area contributed by atoms with E-state index in [1.54, 1.807) is 18.2 Å². The summed E-state index contributed by atoms with van der Waals surface area (Å²) in [6.07, 6.45) is 7.75. The van der Waals surface area contributed by atoms with Gasteiger partial charge in [-0.3, -0.25) is 4.72 Å². The number of hydrogen-bond donors (Lipinski definition) is 4. The summed E-state index contributed by atoms with van der Waals surface area (Å²) < 4.78 is 25.3. The summed E-state index contributed by atoms with van der Waals surface area (Å²) in [4.78, 5) is 12.3. The van der Waals surface area contributed by atoms with Crippen molar-refractivity contribution in [3.8, 4) is 0 Å². The number of anilines is 4. The van der Waals surface area contributed by atoms with E-state index in [9.17, 15) is 8.42 Å². The quantitative estimate of drug-likeness (QED) is 0.516. The summed E-state index contributed by atoms with van der Waals surface area (Å²) in [6, 6.07) is 9.39.